The van der Waals surface area contributed by atoms with Gasteiger partial charge in [-0.05, 0) is 51.1 Å². The number of urea groups is 1. The molecule has 5 nitrogen and oxygen atoms in total. The molecule has 2 fully saturated rings. The standard InChI is InChI=1S/C17H24ClN3O2/c1-21(2)10-15(11-3-5-12(18)6-4-11)20-17(22)19-14-9-13-7-8-16(14)23-13/h3-6,13-16H,7-10H2,1-2H3,(H2,19,20,22)/t13-,14+,15+,16-/m1/s1. The topological polar surface area (TPSA) is 53.6 Å². The summed E-state index contributed by atoms with van der Waals surface area (Å²) in [5, 5.41) is 6.85. The number of hydrogen-bond donors (Lipinski definition) is 2. The van der Waals surface area contributed by atoms with E-state index >= 15 is 0 Å². The summed E-state index contributed by atoms with van der Waals surface area (Å²) in [6.45, 7) is 0.724. The minimum atomic E-state index is -0.132. The molecule has 2 aliphatic rings. The van der Waals surface area contributed by atoms with E-state index in [-0.39, 0.29) is 24.2 Å². The molecule has 2 heterocycles. The number of likely N-dealkylation sites (N-methyl/N-ethyl adjacent to an activating group) is 1. The molecule has 2 N–H and O–H groups in total. The van der Waals surface area contributed by atoms with Crippen LogP contribution in [0.15, 0.2) is 24.3 Å². The molecule has 2 amide bonds. The maximum Gasteiger partial charge on any atom is 0.315 e. The van der Waals surface area contributed by atoms with Crippen LogP contribution in [-0.2, 0) is 4.74 Å². The summed E-state index contributed by atoms with van der Waals surface area (Å²) in [6.07, 6.45) is 3.62. The fourth-order valence-electron chi connectivity index (χ4n) is 3.45. The van der Waals surface area contributed by atoms with E-state index in [0.717, 1.165) is 31.4 Å². The molecular weight excluding hydrogens is 314 g/mol. The first kappa shape index (κ1) is 16.6. The molecule has 1 aromatic rings. The third-order valence-electron chi connectivity index (χ3n) is 4.55. The van der Waals surface area contributed by atoms with Crippen molar-refractivity contribution in [1.29, 1.82) is 0 Å². The Labute approximate surface area is 142 Å². The second kappa shape index (κ2) is 7.07. The molecule has 0 aromatic heterocycles. The highest BCUT2D eigenvalue weighted by atomic mass is 35.5. The molecule has 23 heavy (non-hydrogen) atoms. The second-order valence-corrected chi connectivity index (χ2v) is 7.14. The van der Waals surface area contributed by atoms with Crippen LogP contribution in [0.4, 0.5) is 4.79 Å². The van der Waals surface area contributed by atoms with Crippen molar-refractivity contribution in [2.24, 2.45) is 0 Å². The first-order valence-electron chi connectivity index (χ1n) is 8.14. The highest BCUT2D eigenvalue weighted by Crippen LogP contribution is 2.34. The van der Waals surface area contributed by atoms with Crippen molar-refractivity contribution in [3.05, 3.63) is 34.9 Å². The summed E-state index contributed by atoms with van der Waals surface area (Å²) in [6, 6.07) is 7.54. The van der Waals surface area contributed by atoms with Gasteiger partial charge in [-0.25, -0.2) is 4.79 Å². The van der Waals surface area contributed by atoms with E-state index in [2.05, 4.69) is 15.5 Å². The Kier molecular flexibility index (Phi) is 5.09. The summed E-state index contributed by atoms with van der Waals surface area (Å²) in [4.78, 5) is 14.4. The predicted octanol–water partition coefficient (Wildman–Crippen LogP) is 2.56. The molecule has 0 spiro atoms. The van der Waals surface area contributed by atoms with Crippen molar-refractivity contribution in [1.82, 2.24) is 15.5 Å². The Balaban J connectivity index is 1.61. The van der Waals surface area contributed by atoms with E-state index in [9.17, 15) is 4.79 Å². The molecule has 6 heteroatoms. The van der Waals surface area contributed by atoms with Gasteiger partial charge < -0.3 is 20.3 Å². The lowest BCUT2D eigenvalue weighted by molar-refractivity contribution is 0.0980. The van der Waals surface area contributed by atoms with E-state index in [0.29, 0.717) is 11.1 Å². The first-order valence-corrected chi connectivity index (χ1v) is 8.52. The van der Waals surface area contributed by atoms with E-state index in [1.807, 2.05) is 38.4 Å². The SMILES string of the molecule is CN(C)C[C@H](NC(=O)N[C@H]1C[C@H]2CC[C@H]1O2)c1ccc(Cl)cc1. The lowest BCUT2D eigenvalue weighted by Gasteiger charge is -2.25. The molecule has 2 aliphatic heterocycles. The molecule has 3 rings (SSSR count). The fraction of sp³-hybridized carbons (Fsp3) is 0.588. The number of rotatable bonds is 5. The third-order valence-corrected chi connectivity index (χ3v) is 4.80. The Hall–Kier alpha value is -1.30. The summed E-state index contributed by atoms with van der Waals surface area (Å²) >= 11 is 5.95. The summed E-state index contributed by atoms with van der Waals surface area (Å²) < 4.78 is 5.79. The van der Waals surface area contributed by atoms with Crippen molar-refractivity contribution in [3.8, 4) is 0 Å². The lowest BCUT2D eigenvalue weighted by atomic mass is 9.96. The van der Waals surface area contributed by atoms with Gasteiger partial charge in [0.15, 0.2) is 0 Å². The molecule has 4 atom stereocenters. The van der Waals surface area contributed by atoms with Gasteiger partial charge in [0, 0.05) is 11.6 Å². The maximum absolute atomic E-state index is 12.4. The normalized spacial score (nSPS) is 27.2. The van der Waals surface area contributed by atoms with Crippen LogP contribution in [0.1, 0.15) is 30.9 Å². The first-order chi connectivity index (χ1) is 11.0. The molecular formula is C17H24ClN3O2. The number of ether oxygens (including phenoxy) is 1. The van der Waals surface area contributed by atoms with Gasteiger partial charge in [0.1, 0.15) is 0 Å². The fourth-order valence-corrected chi connectivity index (χ4v) is 3.58. The number of fused-ring (bicyclic) bond motifs is 2. The molecule has 0 saturated carbocycles. The lowest BCUT2D eigenvalue weighted by Crippen LogP contribution is -2.48. The second-order valence-electron chi connectivity index (χ2n) is 6.70. The number of carbonyl (C=O) groups excluding carboxylic acids is 1. The van der Waals surface area contributed by atoms with Gasteiger partial charge >= 0.3 is 6.03 Å². The highest BCUT2D eigenvalue weighted by molar-refractivity contribution is 6.30. The molecule has 0 radical (unpaired) electrons. The molecule has 1 aromatic carbocycles. The zero-order valence-electron chi connectivity index (χ0n) is 13.6. The number of nitrogens with zero attached hydrogens (tertiary/aromatic N) is 1. The Bertz CT molecular complexity index is 549. The number of halogens is 1. The minimum Gasteiger partial charge on any atom is -0.373 e. The summed E-state index contributed by atoms with van der Waals surface area (Å²) in [7, 11) is 3.98. The van der Waals surface area contributed by atoms with Crippen LogP contribution in [0.25, 0.3) is 0 Å². The van der Waals surface area contributed by atoms with Crippen LogP contribution < -0.4 is 10.6 Å². The number of nitrogens with one attached hydrogen (secondary N) is 2. The smallest absolute Gasteiger partial charge is 0.315 e. The number of hydrogen-bond acceptors (Lipinski definition) is 3. The summed E-state index contributed by atoms with van der Waals surface area (Å²) in [5.41, 5.74) is 1.04. The van der Waals surface area contributed by atoms with Gasteiger partial charge in [-0.3, -0.25) is 0 Å². The van der Waals surface area contributed by atoms with Gasteiger partial charge in [0.25, 0.3) is 0 Å². The minimum absolute atomic E-state index is 0.0817. The van der Waals surface area contributed by atoms with Gasteiger partial charge in [-0.15, -0.1) is 0 Å². The molecule has 126 valence electrons. The van der Waals surface area contributed by atoms with Gasteiger partial charge in [-0.2, -0.15) is 0 Å². The van der Waals surface area contributed by atoms with Crippen LogP contribution in [0.5, 0.6) is 0 Å². The van der Waals surface area contributed by atoms with Crippen LogP contribution >= 0.6 is 11.6 Å². The molecule has 0 unspecified atom stereocenters. The van der Waals surface area contributed by atoms with Crippen molar-refractivity contribution in [3.63, 3.8) is 0 Å². The molecule has 2 bridgehead atoms. The average molecular weight is 338 g/mol. The van der Waals surface area contributed by atoms with Crippen LogP contribution in [0.3, 0.4) is 0 Å². The van der Waals surface area contributed by atoms with Crippen LogP contribution in [-0.4, -0.2) is 49.8 Å². The van der Waals surface area contributed by atoms with Crippen molar-refractivity contribution < 1.29 is 9.53 Å². The van der Waals surface area contributed by atoms with E-state index in [1.54, 1.807) is 0 Å². The summed E-state index contributed by atoms with van der Waals surface area (Å²) in [5.74, 6) is 0. The monoisotopic (exact) mass is 337 g/mol. The largest absolute Gasteiger partial charge is 0.373 e. The Morgan fingerprint density at radius 2 is 2.09 bits per heavy atom. The van der Waals surface area contributed by atoms with Gasteiger partial charge in [0.05, 0.1) is 24.3 Å². The van der Waals surface area contributed by atoms with Crippen molar-refractivity contribution in [2.75, 3.05) is 20.6 Å². The predicted molar refractivity (Wildman–Crippen MR) is 90.7 cm³/mol. The van der Waals surface area contributed by atoms with Crippen molar-refractivity contribution >= 4 is 17.6 Å². The number of amides is 2. The Morgan fingerprint density at radius 1 is 1.35 bits per heavy atom. The Morgan fingerprint density at radius 3 is 2.65 bits per heavy atom. The van der Waals surface area contributed by atoms with Gasteiger partial charge in [0.2, 0.25) is 0 Å². The van der Waals surface area contributed by atoms with Crippen LogP contribution in [0.2, 0.25) is 5.02 Å². The zero-order valence-corrected chi connectivity index (χ0v) is 14.3. The number of carbonyl (C=O) groups is 1. The van der Waals surface area contributed by atoms with Crippen LogP contribution in [0, 0.1) is 0 Å². The third kappa shape index (κ3) is 4.16. The zero-order chi connectivity index (χ0) is 16.4. The highest BCUT2D eigenvalue weighted by Gasteiger charge is 2.41. The average Bonchev–Trinajstić information content (AvgIpc) is 3.09. The quantitative estimate of drug-likeness (QED) is 0.868. The van der Waals surface area contributed by atoms with E-state index in [1.165, 1.54) is 0 Å². The van der Waals surface area contributed by atoms with Crippen molar-refractivity contribution in [2.45, 2.75) is 43.6 Å². The van der Waals surface area contributed by atoms with E-state index in [4.69, 9.17) is 16.3 Å². The van der Waals surface area contributed by atoms with E-state index < -0.39 is 0 Å². The molecule has 0 aliphatic carbocycles. The number of benzene rings is 1. The molecule has 2 saturated heterocycles. The van der Waals surface area contributed by atoms with Gasteiger partial charge in [-0.1, -0.05) is 23.7 Å². The maximum atomic E-state index is 12.4.